The summed E-state index contributed by atoms with van der Waals surface area (Å²) in [5.74, 6) is 0.387. The minimum Gasteiger partial charge on any atom is -0.478 e. The molecule has 0 bridgehead atoms. The van der Waals surface area contributed by atoms with Gasteiger partial charge in [-0.05, 0) is 220 Å². The summed E-state index contributed by atoms with van der Waals surface area (Å²) >= 11 is 0. The lowest BCUT2D eigenvalue weighted by Gasteiger charge is -2.15. The molecular formula is C105H90N16O12. The summed E-state index contributed by atoms with van der Waals surface area (Å²) in [6.07, 6.45) is 22.8. The first-order chi connectivity index (χ1) is 64.4. The van der Waals surface area contributed by atoms with Gasteiger partial charge in [-0.2, -0.15) is 0 Å². The largest absolute Gasteiger partial charge is 0.478 e. The maximum Gasteiger partial charge on any atom is 0.337 e. The van der Waals surface area contributed by atoms with Crippen molar-refractivity contribution in [3.05, 3.63) is 359 Å². The molecule has 3 atom stereocenters. The SMILES string of the molecule is COC(=O)c1ccc(-c2cn([C@@H](C)c3ccccn3)c3cc(-c4c(C)noc4C)cnc23)cc1.COC(=O)c1ccc(-c2cn([C@H](C)c3ccccn3)c3cc(-c4c(C)noc4C)cnc23)cc1.Cc1noc(C)c1-c1cnc2c(-c3ccc(C(=O)O)cc3)cn(Cc3ccccn3)c2c1.Cc1noc(C)c1-c1cnc2c(-c3ccc(C(=O)O)cc3)cn([C@H](C)c3ccccn3)c2c1. The molecule has 16 heterocycles. The van der Waals surface area contributed by atoms with Crippen LogP contribution in [0.3, 0.4) is 0 Å². The van der Waals surface area contributed by atoms with Crippen molar-refractivity contribution in [2.24, 2.45) is 0 Å². The maximum absolute atomic E-state index is 11.9. The Labute approximate surface area is 762 Å². The van der Waals surface area contributed by atoms with E-state index < -0.39 is 11.9 Å². The van der Waals surface area contributed by atoms with Gasteiger partial charge in [0.25, 0.3) is 0 Å². The number of carbonyl (C=O) groups is 4. The van der Waals surface area contributed by atoms with Gasteiger partial charge in [-0.25, -0.2) is 19.2 Å². The summed E-state index contributed by atoms with van der Waals surface area (Å²) in [6, 6.07) is 60.4. The van der Waals surface area contributed by atoms with Crippen molar-refractivity contribution >= 4 is 68.0 Å². The van der Waals surface area contributed by atoms with E-state index in [1.54, 1.807) is 73.3 Å². The zero-order chi connectivity index (χ0) is 93.0. The molecule has 0 radical (unpaired) electrons. The molecule has 28 nitrogen and oxygen atoms in total. The molecule has 0 aliphatic carbocycles. The lowest BCUT2D eigenvalue weighted by atomic mass is 10.0. The lowest BCUT2D eigenvalue weighted by molar-refractivity contribution is 0.0592. The number of hydrogen-bond acceptors (Lipinski definition) is 22. The fraction of sp³-hybridized carbons (Fsp3) is 0.162. The number of hydrogen-bond donors (Lipinski definition) is 2. The fourth-order valence-corrected chi connectivity index (χ4v) is 17.0. The summed E-state index contributed by atoms with van der Waals surface area (Å²) < 4.78 is 39.8. The molecule has 16 aromatic heterocycles. The van der Waals surface area contributed by atoms with Crippen molar-refractivity contribution in [2.75, 3.05) is 14.2 Å². The molecule has 662 valence electrons. The maximum atomic E-state index is 11.9. The van der Waals surface area contributed by atoms with Gasteiger partial charge in [-0.3, -0.25) is 39.9 Å². The van der Waals surface area contributed by atoms with Crippen LogP contribution in [0.2, 0.25) is 0 Å². The van der Waals surface area contributed by atoms with E-state index in [1.165, 1.54) is 14.2 Å². The molecule has 0 unspecified atom stereocenters. The van der Waals surface area contributed by atoms with Crippen LogP contribution in [-0.2, 0) is 16.0 Å². The van der Waals surface area contributed by atoms with Gasteiger partial charge >= 0.3 is 23.9 Å². The van der Waals surface area contributed by atoms with Gasteiger partial charge in [0, 0.05) is 141 Å². The second kappa shape index (κ2) is 37.7. The number of nitrogens with zero attached hydrogens (tertiary/aromatic N) is 16. The fourth-order valence-electron chi connectivity index (χ4n) is 17.0. The molecule has 20 aromatic rings. The van der Waals surface area contributed by atoms with E-state index in [4.69, 9.17) is 47.5 Å². The molecule has 0 spiro atoms. The van der Waals surface area contributed by atoms with Crippen LogP contribution >= 0.6 is 0 Å². The van der Waals surface area contributed by atoms with Gasteiger partial charge in [-0.1, -0.05) is 93.4 Å². The van der Waals surface area contributed by atoms with E-state index in [2.05, 4.69) is 122 Å². The summed E-state index contributed by atoms with van der Waals surface area (Å²) in [6.45, 7) is 22.2. The second-order valence-corrected chi connectivity index (χ2v) is 32.2. The summed E-state index contributed by atoms with van der Waals surface area (Å²) in [7, 11) is 2.76. The molecule has 4 aromatic carbocycles. The third kappa shape index (κ3) is 17.8. The van der Waals surface area contributed by atoms with E-state index in [9.17, 15) is 29.4 Å². The Morgan fingerprint density at radius 2 is 0.594 bits per heavy atom. The number of esters is 2. The number of aromatic nitrogens is 16. The van der Waals surface area contributed by atoms with Crippen LogP contribution in [0.4, 0.5) is 0 Å². The number of carboxylic acids is 2. The van der Waals surface area contributed by atoms with Crippen molar-refractivity contribution < 1.29 is 57.0 Å². The number of aryl methyl sites for hydroxylation is 8. The Balaban J connectivity index is 0.000000124. The van der Waals surface area contributed by atoms with Gasteiger partial charge in [0.2, 0.25) is 0 Å². The van der Waals surface area contributed by atoms with Crippen LogP contribution in [-0.4, -0.2) is 127 Å². The van der Waals surface area contributed by atoms with Crippen molar-refractivity contribution in [1.29, 1.82) is 0 Å². The van der Waals surface area contributed by atoms with E-state index >= 15 is 0 Å². The third-order valence-electron chi connectivity index (χ3n) is 23.8. The minimum atomic E-state index is -0.949. The van der Waals surface area contributed by atoms with Crippen molar-refractivity contribution in [2.45, 2.75) is 101 Å². The van der Waals surface area contributed by atoms with Crippen LogP contribution in [0.15, 0.2) is 287 Å². The number of rotatable bonds is 20. The van der Waals surface area contributed by atoms with E-state index in [1.807, 2.05) is 208 Å². The minimum absolute atomic E-state index is 0.0199. The molecule has 0 saturated heterocycles. The molecule has 0 amide bonds. The van der Waals surface area contributed by atoms with Gasteiger partial charge in [-0.15, -0.1) is 0 Å². The zero-order valence-corrected chi connectivity index (χ0v) is 75.0. The Morgan fingerprint density at radius 1 is 0.323 bits per heavy atom. The van der Waals surface area contributed by atoms with E-state index in [-0.39, 0.29) is 41.2 Å². The van der Waals surface area contributed by atoms with Crippen LogP contribution in [0, 0.1) is 55.4 Å². The number of methoxy groups -OCH3 is 2. The Kier molecular flexibility index (Phi) is 25.0. The van der Waals surface area contributed by atoms with Crippen LogP contribution in [0.25, 0.3) is 133 Å². The molecule has 133 heavy (non-hydrogen) atoms. The molecule has 0 fully saturated rings. The summed E-state index contributed by atoms with van der Waals surface area (Å²) in [5, 5.41) is 34.8. The molecule has 0 aliphatic rings. The first-order valence-electron chi connectivity index (χ1n) is 42.8. The number of carboxylic acid groups (broad SMARTS) is 2. The normalized spacial score (nSPS) is 11.9. The van der Waals surface area contributed by atoms with Crippen molar-refractivity contribution in [1.82, 2.24) is 78.8 Å². The van der Waals surface area contributed by atoms with Gasteiger partial charge in [0.1, 0.15) is 23.0 Å². The van der Waals surface area contributed by atoms with Gasteiger partial charge in [0.05, 0.1) is 151 Å². The third-order valence-corrected chi connectivity index (χ3v) is 23.8. The Hall–Kier alpha value is -17.0. The highest BCUT2D eigenvalue weighted by molar-refractivity contribution is 6.01. The summed E-state index contributed by atoms with van der Waals surface area (Å²) in [4.78, 5) is 83.7. The standard InChI is InChI=1S/2C27H24N4O3.C26H22N4O3.C25H20N4O3/c2*1-16-25(18(3)34-30-16)21-13-24-26(29-14-21)22(19-8-10-20(11-9-19)27(32)33-4)15-31(24)17(2)23-7-5-6-12-28-23;1-15-24(17(3)33-29-15)20-12-23-25(28-13-20)21(18-7-9-19(10-8-18)26(31)32)14-30(23)16(2)22-6-4-5-11-27-22;1-15-23(16(2)32-28-15)19-11-22-24(27-12-19)21(17-6-8-18(9-7-17)25(30)31)14-29(22)13-20-5-3-4-10-26-20/h2*5-15,17H,1-4H3;4-14,16H,1-3H3,(H,31,32);3-12,14H,13H2,1-2H3,(H,30,31)/t2*17-;16-;/m101./s1. The highest BCUT2D eigenvalue weighted by Crippen LogP contribution is 2.43. The number of aromatic carboxylic acids is 2. The number of benzene rings is 4. The predicted molar refractivity (Wildman–Crippen MR) is 505 cm³/mol. The first-order valence-corrected chi connectivity index (χ1v) is 42.8. The average Bonchev–Trinajstić information content (AvgIpc) is 1.60. The van der Waals surface area contributed by atoms with Crippen LogP contribution in [0.1, 0.15) is 149 Å². The summed E-state index contributed by atoms with van der Waals surface area (Å²) in [5.41, 5.74) is 30.9. The van der Waals surface area contributed by atoms with Crippen LogP contribution < -0.4 is 0 Å². The molecule has 2 N–H and O–H groups in total. The first kappa shape index (κ1) is 88.0. The predicted octanol–water partition coefficient (Wildman–Crippen LogP) is 22.3. The molecular weight excluding hydrogens is 1680 g/mol. The quantitative estimate of drug-likeness (QED) is 0.0669. The lowest BCUT2D eigenvalue weighted by Crippen LogP contribution is -2.07. The molecule has 20 rings (SSSR count). The highest BCUT2D eigenvalue weighted by atomic mass is 16.5. The average molecular weight is 1770 g/mol. The van der Waals surface area contributed by atoms with Gasteiger partial charge in [0.15, 0.2) is 0 Å². The Morgan fingerprint density at radius 3 is 0.850 bits per heavy atom. The molecule has 28 heteroatoms. The number of fused-ring (bicyclic) bond motifs is 4. The molecule has 0 saturated carbocycles. The smallest absolute Gasteiger partial charge is 0.337 e. The van der Waals surface area contributed by atoms with E-state index in [0.717, 1.165) is 202 Å². The Bertz CT molecular complexity index is 7380. The number of pyridine rings is 8. The number of ether oxygens (including phenoxy) is 2. The van der Waals surface area contributed by atoms with Crippen molar-refractivity contribution in [3.63, 3.8) is 0 Å². The molecule has 0 aliphatic heterocycles. The van der Waals surface area contributed by atoms with Crippen LogP contribution in [0.5, 0.6) is 0 Å². The van der Waals surface area contributed by atoms with Crippen molar-refractivity contribution in [3.8, 4) is 89.0 Å². The topological polar surface area (TPSA) is 354 Å². The number of carbonyl (C=O) groups excluding carboxylic acids is 2. The van der Waals surface area contributed by atoms with Gasteiger partial charge < -0.3 is 56.0 Å². The zero-order valence-electron chi connectivity index (χ0n) is 75.0. The second-order valence-electron chi connectivity index (χ2n) is 32.2. The highest BCUT2D eigenvalue weighted by Gasteiger charge is 2.27. The van der Waals surface area contributed by atoms with E-state index in [0.29, 0.717) is 17.7 Å². The monoisotopic (exact) mass is 1770 g/mol.